The molecule has 1 aromatic carbocycles. The quantitative estimate of drug-likeness (QED) is 0.851. The largest absolute Gasteiger partial charge is 0.450 e. The Labute approximate surface area is 144 Å². The molecule has 25 heavy (non-hydrogen) atoms. The lowest BCUT2D eigenvalue weighted by Gasteiger charge is -2.33. The number of rotatable bonds is 4. The van der Waals surface area contributed by atoms with Crippen molar-refractivity contribution in [3.8, 4) is 0 Å². The summed E-state index contributed by atoms with van der Waals surface area (Å²) in [6, 6.07) is 4.89. The Bertz CT molecular complexity index is 632. The summed E-state index contributed by atoms with van der Waals surface area (Å²) < 4.78 is 18.4. The van der Waals surface area contributed by atoms with Crippen molar-refractivity contribution in [2.75, 3.05) is 44.6 Å². The summed E-state index contributed by atoms with van der Waals surface area (Å²) in [5, 5.41) is 4.44. The van der Waals surface area contributed by atoms with Crippen molar-refractivity contribution in [1.82, 2.24) is 15.1 Å². The molecule has 0 spiro atoms. The van der Waals surface area contributed by atoms with Gasteiger partial charge < -0.3 is 15.0 Å². The summed E-state index contributed by atoms with van der Waals surface area (Å²) in [4.78, 5) is 38.6. The van der Waals surface area contributed by atoms with E-state index in [0.29, 0.717) is 32.8 Å². The van der Waals surface area contributed by atoms with Crippen LogP contribution in [0.2, 0.25) is 0 Å². The molecule has 1 aliphatic rings. The molecule has 1 fully saturated rings. The highest BCUT2D eigenvalue weighted by Crippen LogP contribution is 2.11. The lowest BCUT2D eigenvalue weighted by Crippen LogP contribution is -2.51. The van der Waals surface area contributed by atoms with Crippen LogP contribution in [0.4, 0.5) is 19.7 Å². The molecule has 9 heteroatoms. The van der Waals surface area contributed by atoms with E-state index in [1.807, 2.05) is 4.90 Å². The first kappa shape index (κ1) is 18.7. The average Bonchev–Trinajstić information content (AvgIpc) is 2.57. The molecule has 0 aliphatic carbocycles. The van der Waals surface area contributed by atoms with Gasteiger partial charge in [0.2, 0.25) is 5.91 Å². The van der Waals surface area contributed by atoms with Crippen molar-refractivity contribution < 1.29 is 23.5 Å². The van der Waals surface area contributed by atoms with Crippen LogP contribution < -0.4 is 10.6 Å². The molecule has 8 nitrogen and oxygen atoms in total. The molecule has 2 rings (SSSR count). The maximum Gasteiger partial charge on any atom is 0.409 e. The van der Waals surface area contributed by atoms with E-state index in [-0.39, 0.29) is 18.3 Å². The number of benzene rings is 1. The fraction of sp³-hybridized carbons (Fsp3) is 0.438. The summed E-state index contributed by atoms with van der Waals surface area (Å²) in [6.07, 6.45) is -0.365. The first-order valence-corrected chi connectivity index (χ1v) is 7.99. The zero-order chi connectivity index (χ0) is 18.2. The molecular weight excluding hydrogens is 331 g/mol. The van der Waals surface area contributed by atoms with Crippen molar-refractivity contribution in [1.29, 1.82) is 0 Å². The fourth-order valence-electron chi connectivity index (χ4n) is 2.39. The van der Waals surface area contributed by atoms with E-state index in [1.54, 1.807) is 17.9 Å². The van der Waals surface area contributed by atoms with Gasteiger partial charge in [0.05, 0.1) is 18.8 Å². The molecule has 2 N–H and O–H groups in total. The molecule has 0 aromatic heterocycles. The van der Waals surface area contributed by atoms with Gasteiger partial charge in [-0.2, -0.15) is 0 Å². The second-order valence-electron chi connectivity index (χ2n) is 5.44. The first-order chi connectivity index (χ1) is 12.0. The van der Waals surface area contributed by atoms with Crippen LogP contribution in [0.15, 0.2) is 24.3 Å². The van der Waals surface area contributed by atoms with Gasteiger partial charge in [-0.1, -0.05) is 12.1 Å². The predicted molar refractivity (Wildman–Crippen MR) is 88.6 cm³/mol. The molecular formula is C16H21FN4O4. The Hall–Kier alpha value is -2.68. The number of halogens is 1. The molecule has 0 unspecified atom stereocenters. The molecule has 1 aromatic rings. The monoisotopic (exact) mass is 352 g/mol. The minimum Gasteiger partial charge on any atom is -0.450 e. The van der Waals surface area contributed by atoms with Crippen LogP contribution in [-0.4, -0.2) is 67.2 Å². The highest BCUT2D eigenvalue weighted by Gasteiger charge is 2.23. The van der Waals surface area contributed by atoms with Gasteiger partial charge in [-0.3, -0.25) is 15.0 Å². The van der Waals surface area contributed by atoms with Gasteiger partial charge in [-0.05, 0) is 19.1 Å². The average molecular weight is 352 g/mol. The number of carbonyl (C=O) groups excluding carboxylic acids is 3. The molecule has 0 bridgehead atoms. The Morgan fingerprint density at radius 2 is 1.84 bits per heavy atom. The van der Waals surface area contributed by atoms with E-state index in [4.69, 9.17) is 4.74 Å². The highest BCUT2D eigenvalue weighted by molar-refractivity contribution is 6.01. The maximum absolute atomic E-state index is 13.4. The molecule has 136 valence electrons. The smallest absolute Gasteiger partial charge is 0.409 e. The van der Waals surface area contributed by atoms with E-state index < -0.39 is 17.8 Å². The first-order valence-electron chi connectivity index (χ1n) is 7.99. The molecule has 4 amide bonds. The lowest BCUT2D eigenvalue weighted by atomic mass is 10.3. The lowest BCUT2D eigenvalue weighted by molar-refractivity contribution is -0.121. The summed E-state index contributed by atoms with van der Waals surface area (Å²) in [5.74, 6) is -1.08. The highest BCUT2D eigenvalue weighted by atomic mass is 19.1. The number of imide groups is 1. The summed E-state index contributed by atoms with van der Waals surface area (Å²) >= 11 is 0. The van der Waals surface area contributed by atoms with Crippen LogP contribution in [0, 0.1) is 5.82 Å². The predicted octanol–water partition coefficient (Wildman–Crippen LogP) is 1.25. The number of nitrogens with one attached hydrogen (secondary N) is 2. The minimum absolute atomic E-state index is 0.00384. The van der Waals surface area contributed by atoms with Gasteiger partial charge in [0.1, 0.15) is 5.82 Å². The van der Waals surface area contributed by atoms with Gasteiger partial charge in [0.25, 0.3) is 0 Å². The third-order valence-electron chi connectivity index (χ3n) is 3.64. The summed E-state index contributed by atoms with van der Waals surface area (Å²) in [6.45, 7) is 3.98. The zero-order valence-electron chi connectivity index (χ0n) is 14.0. The zero-order valence-corrected chi connectivity index (χ0v) is 14.0. The van der Waals surface area contributed by atoms with Crippen LogP contribution >= 0.6 is 0 Å². The topological polar surface area (TPSA) is 91.0 Å². The van der Waals surface area contributed by atoms with Crippen molar-refractivity contribution in [2.24, 2.45) is 0 Å². The second kappa shape index (κ2) is 8.97. The van der Waals surface area contributed by atoms with Crippen LogP contribution in [0.25, 0.3) is 0 Å². The molecule has 1 aliphatic heterocycles. The van der Waals surface area contributed by atoms with Gasteiger partial charge >= 0.3 is 12.1 Å². The van der Waals surface area contributed by atoms with E-state index in [2.05, 4.69) is 10.6 Å². The number of hydrogen-bond acceptors (Lipinski definition) is 5. The number of urea groups is 1. The van der Waals surface area contributed by atoms with E-state index >= 15 is 0 Å². The molecule has 1 saturated heterocycles. The van der Waals surface area contributed by atoms with Crippen LogP contribution in [-0.2, 0) is 9.53 Å². The summed E-state index contributed by atoms with van der Waals surface area (Å²) in [7, 11) is 0. The Morgan fingerprint density at radius 3 is 2.48 bits per heavy atom. The third-order valence-corrected chi connectivity index (χ3v) is 3.64. The Morgan fingerprint density at radius 1 is 1.16 bits per heavy atom. The van der Waals surface area contributed by atoms with Crippen molar-refractivity contribution in [3.05, 3.63) is 30.1 Å². The number of para-hydroxylation sites is 1. The number of carbonyl (C=O) groups is 3. The fourth-order valence-corrected chi connectivity index (χ4v) is 2.39. The van der Waals surface area contributed by atoms with Gasteiger partial charge in [-0.25, -0.2) is 14.0 Å². The van der Waals surface area contributed by atoms with E-state index in [9.17, 15) is 18.8 Å². The third kappa shape index (κ3) is 5.71. The molecule has 0 atom stereocenters. The van der Waals surface area contributed by atoms with Gasteiger partial charge in [0, 0.05) is 26.2 Å². The maximum atomic E-state index is 13.4. The molecule has 1 heterocycles. The Balaban J connectivity index is 1.73. The number of nitrogens with zero attached hydrogens (tertiary/aromatic N) is 2. The van der Waals surface area contributed by atoms with Crippen LogP contribution in [0.1, 0.15) is 6.92 Å². The number of piperazine rings is 1. The standard InChI is InChI=1S/C16H21FN4O4/c1-2-25-16(24)21-9-7-20(8-10-21)11-14(22)19-15(23)18-13-6-4-3-5-12(13)17/h3-6H,2,7-11H2,1H3,(H2,18,19,22,23). The van der Waals surface area contributed by atoms with E-state index in [0.717, 1.165) is 0 Å². The number of ether oxygens (including phenoxy) is 1. The molecule has 0 radical (unpaired) electrons. The van der Waals surface area contributed by atoms with Gasteiger partial charge in [0.15, 0.2) is 0 Å². The Kier molecular flexibility index (Phi) is 6.70. The van der Waals surface area contributed by atoms with Gasteiger partial charge in [-0.15, -0.1) is 0 Å². The molecule has 0 saturated carbocycles. The minimum atomic E-state index is -0.791. The number of anilines is 1. The van der Waals surface area contributed by atoms with Crippen LogP contribution in [0.3, 0.4) is 0 Å². The normalized spacial score (nSPS) is 14.7. The van der Waals surface area contributed by atoms with Crippen molar-refractivity contribution in [2.45, 2.75) is 6.92 Å². The number of hydrogen-bond donors (Lipinski definition) is 2. The van der Waals surface area contributed by atoms with E-state index in [1.165, 1.54) is 18.2 Å². The summed E-state index contributed by atoms with van der Waals surface area (Å²) in [5.41, 5.74) is -0.00384. The van der Waals surface area contributed by atoms with Crippen molar-refractivity contribution >= 4 is 23.7 Å². The number of amides is 4. The van der Waals surface area contributed by atoms with Crippen molar-refractivity contribution in [3.63, 3.8) is 0 Å². The second-order valence-corrected chi connectivity index (χ2v) is 5.44. The van der Waals surface area contributed by atoms with Crippen LogP contribution in [0.5, 0.6) is 0 Å². The SMILES string of the molecule is CCOC(=O)N1CCN(CC(=O)NC(=O)Nc2ccccc2F)CC1.